The molecule has 2 atom stereocenters. The molecule has 2 aliphatic rings. The third kappa shape index (κ3) is 5.93. The van der Waals surface area contributed by atoms with Crippen molar-refractivity contribution in [1.29, 1.82) is 0 Å². The molecule has 1 unspecified atom stereocenters. The van der Waals surface area contributed by atoms with Crippen LogP contribution in [-0.4, -0.2) is 95.2 Å². The van der Waals surface area contributed by atoms with E-state index in [-0.39, 0.29) is 6.10 Å². The molecule has 1 N–H and O–H groups in total. The molecule has 2 aliphatic heterocycles. The molecular weight excluding hydrogens is 330 g/mol. The molecule has 1 aromatic carbocycles. The van der Waals surface area contributed by atoms with E-state index in [1.807, 2.05) is 12.1 Å². The number of nitrogens with one attached hydrogen (secondary N) is 1. The molecule has 2 saturated heterocycles. The van der Waals surface area contributed by atoms with Crippen molar-refractivity contribution in [3.05, 3.63) is 29.8 Å². The van der Waals surface area contributed by atoms with E-state index in [9.17, 15) is 0 Å². The smallest absolute Gasteiger partial charge is 0.118 e. The van der Waals surface area contributed by atoms with Gasteiger partial charge in [0.25, 0.3) is 0 Å². The maximum absolute atomic E-state index is 5.74. The average Bonchev–Trinajstić information content (AvgIpc) is 2.68. The van der Waals surface area contributed by atoms with Crippen molar-refractivity contribution in [2.24, 2.45) is 0 Å². The molecule has 0 aliphatic carbocycles. The van der Waals surface area contributed by atoms with Crippen molar-refractivity contribution < 1.29 is 14.2 Å². The van der Waals surface area contributed by atoms with Gasteiger partial charge in [0.2, 0.25) is 0 Å². The van der Waals surface area contributed by atoms with Gasteiger partial charge >= 0.3 is 0 Å². The van der Waals surface area contributed by atoms with Crippen molar-refractivity contribution in [2.45, 2.75) is 18.6 Å². The summed E-state index contributed by atoms with van der Waals surface area (Å²) in [6, 6.07) is 8.95. The Kier molecular flexibility index (Phi) is 7.70. The summed E-state index contributed by atoms with van der Waals surface area (Å²) < 4.78 is 16.2. The lowest BCUT2D eigenvalue weighted by Crippen LogP contribution is -2.54. The highest BCUT2D eigenvalue weighted by Crippen LogP contribution is 2.14. The van der Waals surface area contributed by atoms with Gasteiger partial charge in [-0.05, 0) is 24.1 Å². The van der Waals surface area contributed by atoms with E-state index in [2.05, 4.69) is 27.2 Å². The number of ether oxygens (including phenoxy) is 3. The summed E-state index contributed by atoms with van der Waals surface area (Å²) in [5.41, 5.74) is 1.36. The summed E-state index contributed by atoms with van der Waals surface area (Å²) in [5, 5.41) is 3.66. The Morgan fingerprint density at radius 3 is 2.58 bits per heavy atom. The van der Waals surface area contributed by atoms with Crippen molar-refractivity contribution in [3.63, 3.8) is 0 Å². The second-order valence-corrected chi connectivity index (χ2v) is 7.25. The minimum Gasteiger partial charge on any atom is -0.497 e. The summed E-state index contributed by atoms with van der Waals surface area (Å²) in [5.74, 6) is 0.921. The van der Waals surface area contributed by atoms with Crippen LogP contribution in [-0.2, 0) is 15.9 Å². The number of morpholine rings is 1. The second-order valence-electron chi connectivity index (χ2n) is 7.25. The molecule has 3 rings (SSSR count). The first kappa shape index (κ1) is 19.6. The van der Waals surface area contributed by atoms with Crippen LogP contribution in [0.3, 0.4) is 0 Å². The first-order valence-corrected chi connectivity index (χ1v) is 9.68. The number of benzene rings is 1. The van der Waals surface area contributed by atoms with Crippen LogP contribution in [0.15, 0.2) is 24.3 Å². The van der Waals surface area contributed by atoms with Crippen LogP contribution in [0.25, 0.3) is 0 Å². The average molecular weight is 364 g/mol. The molecule has 6 heteroatoms. The van der Waals surface area contributed by atoms with E-state index in [0.717, 1.165) is 64.6 Å². The van der Waals surface area contributed by atoms with Crippen LogP contribution in [0, 0.1) is 0 Å². The summed E-state index contributed by atoms with van der Waals surface area (Å²) in [6.07, 6.45) is 1.29. The largest absolute Gasteiger partial charge is 0.497 e. The molecule has 0 saturated carbocycles. The SMILES string of the molecule is COC[C@@H]1CN(CCN2CCNC(Cc3ccc(OC)cc3)C2)CCO1. The highest BCUT2D eigenvalue weighted by molar-refractivity contribution is 5.27. The fourth-order valence-corrected chi connectivity index (χ4v) is 3.83. The zero-order valence-corrected chi connectivity index (χ0v) is 16.2. The second kappa shape index (κ2) is 10.2. The predicted molar refractivity (Wildman–Crippen MR) is 103 cm³/mol. The zero-order chi connectivity index (χ0) is 18.2. The van der Waals surface area contributed by atoms with Crippen LogP contribution in [0.1, 0.15) is 5.56 Å². The maximum Gasteiger partial charge on any atom is 0.118 e. The van der Waals surface area contributed by atoms with Gasteiger partial charge in [-0.3, -0.25) is 9.80 Å². The summed E-state index contributed by atoms with van der Waals surface area (Å²) in [4.78, 5) is 5.10. The zero-order valence-electron chi connectivity index (χ0n) is 16.2. The van der Waals surface area contributed by atoms with Crippen molar-refractivity contribution >= 4 is 0 Å². The van der Waals surface area contributed by atoms with E-state index in [0.29, 0.717) is 12.6 Å². The van der Waals surface area contributed by atoms with Gasteiger partial charge < -0.3 is 19.5 Å². The molecule has 0 spiro atoms. The van der Waals surface area contributed by atoms with Gasteiger partial charge in [-0.25, -0.2) is 0 Å². The van der Waals surface area contributed by atoms with Crippen LogP contribution < -0.4 is 10.1 Å². The van der Waals surface area contributed by atoms with E-state index in [1.165, 1.54) is 5.56 Å². The van der Waals surface area contributed by atoms with Gasteiger partial charge in [0.15, 0.2) is 0 Å². The monoisotopic (exact) mass is 363 g/mol. The van der Waals surface area contributed by atoms with E-state index in [1.54, 1.807) is 14.2 Å². The topological polar surface area (TPSA) is 46.2 Å². The number of methoxy groups -OCH3 is 2. The Bertz CT molecular complexity index is 524. The Morgan fingerprint density at radius 2 is 1.85 bits per heavy atom. The van der Waals surface area contributed by atoms with Gasteiger partial charge in [-0.1, -0.05) is 12.1 Å². The standard InChI is InChI=1S/C20H33N3O3/c1-24-16-20-15-23(11-12-26-20)10-9-22-8-7-21-18(14-22)13-17-3-5-19(25-2)6-4-17/h3-6,18,20-21H,7-16H2,1-2H3/t18?,20-/m0/s1. The van der Waals surface area contributed by atoms with Gasteiger partial charge in [-0.2, -0.15) is 0 Å². The molecule has 1 aromatic rings. The first-order chi connectivity index (χ1) is 12.8. The molecular formula is C20H33N3O3. The Morgan fingerprint density at radius 1 is 1.08 bits per heavy atom. The lowest BCUT2D eigenvalue weighted by molar-refractivity contribution is -0.0624. The van der Waals surface area contributed by atoms with Crippen molar-refractivity contribution in [1.82, 2.24) is 15.1 Å². The Balaban J connectivity index is 1.41. The number of piperazine rings is 1. The molecule has 0 amide bonds. The fourth-order valence-electron chi connectivity index (χ4n) is 3.83. The lowest BCUT2D eigenvalue weighted by atomic mass is 10.0. The van der Waals surface area contributed by atoms with E-state index >= 15 is 0 Å². The summed E-state index contributed by atoms with van der Waals surface area (Å²) >= 11 is 0. The van der Waals surface area contributed by atoms with Crippen LogP contribution >= 0.6 is 0 Å². The minimum absolute atomic E-state index is 0.222. The molecule has 0 bridgehead atoms. The van der Waals surface area contributed by atoms with Gasteiger partial charge in [0.05, 0.1) is 26.4 Å². The first-order valence-electron chi connectivity index (χ1n) is 9.68. The van der Waals surface area contributed by atoms with Crippen LogP contribution in [0.4, 0.5) is 0 Å². The van der Waals surface area contributed by atoms with Crippen LogP contribution in [0.2, 0.25) is 0 Å². The van der Waals surface area contributed by atoms with Gasteiger partial charge in [0.1, 0.15) is 5.75 Å². The highest BCUT2D eigenvalue weighted by atomic mass is 16.5. The minimum atomic E-state index is 0.222. The lowest BCUT2D eigenvalue weighted by Gasteiger charge is -2.37. The van der Waals surface area contributed by atoms with E-state index in [4.69, 9.17) is 14.2 Å². The Hall–Kier alpha value is -1.18. The summed E-state index contributed by atoms with van der Waals surface area (Å²) in [7, 11) is 3.45. The third-order valence-electron chi connectivity index (χ3n) is 5.29. The van der Waals surface area contributed by atoms with Crippen molar-refractivity contribution in [2.75, 3.05) is 73.2 Å². The predicted octanol–water partition coefficient (Wildman–Crippen LogP) is 0.859. The summed E-state index contributed by atoms with van der Waals surface area (Å²) in [6.45, 7) is 9.05. The molecule has 2 heterocycles. The molecule has 146 valence electrons. The number of hydrogen-bond acceptors (Lipinski definition) is 6. The quantitative estimate of drug-likeness (QED) is 0.739. The fraction of sp³-hybridized carbons (Fsp3) is 0.700. The Labute approximate surface area is 157 Å². The molecule has 26 heavy (non-hydrogen) atoms. The molecule has 2 fully saturated rings. The van der Waals surface area contributed by atoms with Gasteiger partial charge in [0, 0.05) is 59.0 Å². The molecule has 0 radical (unpaired) electrons. The van der Waals surface area contributed by atoms with E-state index < -0.39 is 0 Å². The maximum atomic E-state index is 5.74. The number of nitrogens with zero attached hydrogens (tertiary/aromatic N) is 2. The van der Waals surface area contributed by atoms with Gasteiger partial charge in [-0.15, -0.1) is 0 Å². The normalized spacial score (nSPS) is 25.3. The highest BCUT2D eigenvalue weighted by Gasteiger charge is 2.23. The molecule has 6 nitrogen and oxygen atoms in total. The van der Waals surface area contributed by atoms with Crippen LogP contribution in [0.5, 0.6) is 5.75 Å². The number of rotatable bonds is 8. The third-order valence-corrected chi connectivity index (χ3v) is 5.29. The molecule has 0 aromatic heterocycles. The van der Waals surface area contributed by atoms with Crippen molar-refractivity contribution in [3.8, 4) is 5.75 Å². The number of hydrogen-bond donors (Lipinski definition) is 1.